The molecule has 7 heteroatoms. The van der Waals surface area contributed by atoms with Gasteiger partial charge < -0.3 is 0 Å². The standard InChI is InChI=1S/C17H18N4O2S/c1-4-13(22)16-15(12-9-7-6-8-10-12)21(14(23)5-2)20-11(3)18-19-17(20)24-16/h6-10H,4-5H2,1-3H3. The van der Waals surface area contributed by atoms with Gasteiger partial charge in [0.2, 0.25) is 11.1 Å². The van der Waals surface area contributed by atoms with Crippen molar-refractivity contribution in [3.63, 3.8) is 0 Å². The lowest BCUT2D eigenvalue weighted by Crippen LogP contribution is -2.42. The van der Waals surface area contributed by atoms with E-state index < -0.39 is 0 Å². The summed E-state index contributed by atoms with van der Waals surface area (Å²) >= 11 is 1.27. The quantitative estimate of drug-likeness (QED) is 0.854. The van der Waals surface area contributed by atoms with Crippen LogP contribution in [-0.4, -0.2) is 26.6 Å². The van der Waals surface area contributed by atoms with Gasteiger partial charge in [-0.15, -0.1) is 10.2 Å². The van der Waals surface area contributed by atoms with Crippen molar-refractivity contribution in [1.29, 1.82) is 0 Å². The number of carbonyl (C=O) groups excluding carboxylic acids is 2. The van der Waals surface area contributed by atoms with Crippen molar-refractivity contribution in [2.24, 2.45) is 0 Å². The number of ketones is 1. The Balaban J connectivity index is 2.29. The third kappa shape index (κ3) is 2.65. The minimum atomic E-state index is -0.111. The van der Waals surface area contributed by atoms with Crippen molar-refractivity contribution >= 4 is 29.1 Å². The van der Waals surface area contributed by atoms with Crippen molar-refractivity contribution in [3.8, 4) is 0 Å². The maximum atomic E-state index is 12.7. The van der Waals surface area contributed by atoms with Gasteiger partial charge in [-0.05, 0) is 18.7 Å². The topological polar surface area (TPSA) is 68.1 Å². The summed E-state index contributed by atoms with van der Waals surface area (Å²) in [7, 11) is 0. The van der Waals surface area contributed by atoms with E-state index in [0.717, 1.165) is 5.56 Å². The van der Waals surface area contributed by atoms with E-state index in [9.17, 15) is 9.59 Å². The molecule has 0 aliphatic carbocycles. The predicted octanol–water partition coefficient (Wildman–Crippen LogP) is 2.91. The van der Waals surface area contributed by atoms with E-state index in [1.54, 1.807) is 23.5 Å². The van der Waals surface area contributed by atoms with E-state index in [-0.39, 0.29) is 11.7 Å². The molecule has 1 aliphatic rings. The van der Waals surface area contributed by atoms with Crippen LogP contribution in [0.3, 0.4) is 0 Å². The van der Waals surface area contributed by atoms with Crippen LogP contribution in [0.5, 0.6) is 0 Å². The Morgan fingerprint density at radius 3 is 2.42 bits per heavy atom. The molecule has 2 aromatic rings. The molecule has 0 spiro atoms. The molecule has 2 heterocycles. The van der Waals surface area contributed by atoms with Crippen LogP contribution in [0.25, 0.3) is 5.70 Å². The van der Waals surface area contributed by atoms with Gasteiger partial charge in [0.25, 0.3) is 0 Å². The molecule has 0 unspecified atom stereocenters. The number of rotatable bonds is 4. The van der Waals surface area contributed by atoms with Crippen molar-refractivity contribution in [1.82, 2.24) is 14.9 Å². The fourth-order valence-corrected chi connectivity index (χ4v) is 3.68. The highest BCUT2D eigenvalue weighted by molar-refractivity contribution is 8.04. The Labute approximate surface area is 144 Å². The fourth-order valence-electron chi connectivity index (χ4n) is 2.55. The second-order valence-corrected chi connectivity index (χ2v) is 6.30. The number of aromatic nitrogens is 3. The average Bonchev–Trinajstić information content (AvgIpc) is 3.00. The summed E-state index contributed by atoms with van der Waals surface area (Å²) in [6.07, 6.45) is 0.672. The first-order chi connectivity index (χ1) is 11.6. The number of thioether (sulfide) groups is 1. The molecule has 1 aromatic carbocycles. The lowest BCUT2D eigenvalue weighted by molar-refractivity contribution is -0.119. The van der Waals surface area contributed by atoms with Crippen LogP contribution < -0.4 is 5.01 Å². The number of Topliss-reactive ketones (excluding diaryl/α,β-unsaturated/α-hetero) is 1. The lowest BCUT2D eigenvalue weighted by Gasteiger charge is -2.32. The molecule has 0 atom stereocenters. The molecule has 6 nitrogen and oxygen atoms in total. The molecule has 124 valence electrons. The Hall–Kier alpha value is -2.41. The highest BCUT2D eigenvalue weighted by Gasteiger charge is 2.35. The van der Waals surface area contributed by atoms with Crippen LogP contribution in [0, 0.1) is 6.92 Å². The smallest absolute Gasteiger partial charge is 0.246 e. The summed E-state index contributed by atoms with van der Waals surface area (Å²) in [5, 5.41) is 10.3. The number of carbonyl (C=O) groups is 2. The van der Waals surface area contributed by atoms with Gasteiger partial charge in [-0.2, -0.15) is 0 Å². The largest absolute Gasteiger partial charge is 0.294 e. The number of amides is 1. The predicted molar refractivity (Wildman–Crippen MR) is 92.8 cm³/mol. The highest BCUT2D eigenvalue weighted by Crippen LogP contribution is 2.40. The van der Waals surface area contributed by atoms with Crippen molar-refractivity contribution in [3.05, 3.63) is 46.6 Å². The van der Waals surface area contributed by atoms with E-state index in [4.69, 9.17) is 0 Å². The van der Waals surface area contributed by atoms with Crippen molar-refractivity contribution in [2.45, 2.75) is 38.8 Å². The van der Waals surface area contributed by atoms with Gasteiger partial charge in [0.05, 0.1) is 10.6 Å². The number of hydrogen-bond donors (Lipinski definition) is 0. The first-order valence-corrected chi connectivity index (χ1v) is 8.66. The van der Waals surface area contributed by atoms with Crippen LogP contribution in [0.15, 0.2) is 40.4 Å². The molecule has 1 aliphatic heterocycles. The number of allylic oxidation sites excluding steroid dienone is 1. The second kappa shape index (κ2) is 6.60. The number of hydrogen-bond acceptors (Lipinski definition) is 5. The first-order valence-electron chi connectivity index (χ1n) is 7.84. The summed E-state index contributed by atoms with van der Waals surface area (Å²) in [4.78, 5) is 25.8. The summed E-state index contributed by atoms with van der Waals surface area (Å²) in [6, 6.07) is 9.50. The average molecular weight is 342 g/mol. The van der Waals surface area contributed by atoms with E-state index >= 15 is 0 Å². The van der Waals surface area contributed by atoms with E-state index in [0.29, 0.717) is 34.4 Å². The molecule has 0 N–H and O–H groups in total. The molecule has 0 saturated heterocycles. The molecule has 3 rings (SSSR count). The SMILES string of the molecule is CCC(=O)C1=C(c2ccccc2)N(C(=O)CC)n2c(C)nnc2S1. The minimum Gasteiger partial charge on any atom is -0.294 e. The zero-order chi connectivity index (χ0) is 17.3. The van der Waals surface area contributed by atoms with E-state index in [1.807, 2.05) is 37.3 Å². The summed E-state index contributed by atoms with van der Waals surface area (Å²) in [6.45, 7) is 5.41. The maximum Gasteiger partial charge on any atom is 0.246 e. The molecule has 1 aromatic heterocycles. The van der Waals surface area contributed by atoms with E-state index in [1.165, 1.54) is 11.8 Å². The highest BCUT2D eigenvalue weighted by atomic mass is 32.2. The summed E-state index contributed by atoms with van der Waals surface area (Å²) in [5.74, 6) is 0.482. The third-order valence-corrected chi connectivity index (χ3v) is 4.81. The van der Waals surface area contributed by atoms with Gasteiger partial charge in [-0.3, -0.25) is 9.59 Å². The van der Waals surface area contributed by atoms with Crippen LogP contribution >= 0.6 is 11.8 Å². The van der Waals surface area contributed by atoms with Gasteiger partial charge >= 0.3 is 0 Å². The monoisotopic (exact) mass is 342 g/mol. The first kappa shape index (κ1) is 16.4. The van der Waals surface area contributed by atoms with E-state index in [2.05, 4.69) is 10.2 Å². The lowest BCUT2D eigenvalue weighted by atomic mass is 10.1. The zero-order valence-electron chi connectivity index (χ0n) is 13.8. The van der Waals surface area contributed by atoms with Crippen molar-refractivity contribution < 1.29 is 9.59 Å². The molecule has 0 radical (unpaired) electrons. The molecule has 0 fully saturated rings. The fraction of sp³-hybridized carbons (Fsp3) is 0.294. The summed E-state index contributed by atoms with van der Waals surface area (Å²) in [5.41, 5.74) is 1.43. The van der Waals surface area contributed by atoms with Crippen molar-refractivity contribution in [2.75, 3.05) is 5.01 Å². The molecule has 0 saturated carbocycles. The van der Waals surface area contributed by atoms with Gasteiger partial charge in [-0.1, -0.05) is 44.2 Å². The van der Waals surface area contributed by atoms with Gasteiger partial charge in [0.1, 0.15) is 0 Å². The second-order valence-electron chi connectivity index (χ2n) is 5.32. The molecule has 0 bridgehead atoms. The number of aryl methyl sites for hydroxylation is 1. The third-order valence-electron chi connectivity index (χ3n) is 3.75. The molecular formula is C17H18N4O2S. The van der Waals surface area contributed by atoms with Crippen LogP contribution in [-0.2, 0) is 9.59 Å². The normalized spacial score (nSPS) is 13.9. The molecule has 1 amide bonds. The summed E-state index contributed by atoms with van der Waals surface area (Å²) < 4.78 is 1.69. The molecular weight excluding hydrogens is 324 g/mol. The van der Waals surface area contributed by atoms with Crippen LogP contribution in [0.2, 0.25) is 0 Å². The molecule has 24 heavy (non-hydrogen) atoms. The van der Waals surface area contributed by atoms with Crippen LogP contribution in [0.4, 0.5) is 0 Å². The Kier molecular flexibility index (Phi) is 4.53. The van der Waals surface area contributed by atoms with Gasteiger partial charge in [-0.25, -0.2) is 9.69 Å². The number of nitrogens with zero attached hydrogens (tertiary/aromatic N) is 4. The minimum absolute atomic E-state index is 0.0142. The van der Waals surface area contributed by atoms with Gasteiger partial charge in [0.15, 0.2) is 11.6 Å². The zero-order valence-corrected chi connectivity index (χ0v) is 14.6. The number of benzene rings is 1. The van der Waals surface area contributed by atoms with Gasteiger partial charge in [0, 0.05) is 18.4 Å². The maximum absolute atomic E-state index is 12.7. The Morgan fingerprint density at radius 1 is 1.08 bits per heavy atom. The van der Waals surface area contributed by atoms with Crippen LogP contribution in [0.1, 0.15) is 38.1 Å². The Bertz CT molecular complexity index is 826. The Morgan fingerprint density at radius 2 is 1.79 bits per heavy atom. The number of fused-ring (bicyclic) bond motifs is 1.